The van der Waals surface area contributed by atoms with Gasteiger partial charge in [-0.1, -0.05) is 44.7 Å². The fourth-order valence-corrected chi connectivity index (χ4v) is 4.05. The number of nitrogens with zero attached hydrogens (tertiary/aromatic N) is 3. The number of amides is 3. The van der Waals surface area contributed by atoms with Crippen LogP contribution in [0.1, 0.15) is 90.3 Å². The van der Waals surface area contributed by atoms with Crippen LogP contribution in [0.4, 0.5) is 0 Å². The van der Waals surface area contributed by atoms with Gasteiger partial charge in [-0.15, -0.1) is 0 Å². The maximum atomic E-state index is 12.7. The molecule has 3 amide bonds. The largest absolute Gasteiger partial charge is 0.355 e. The summed E-state index contributed by atoms with van der Waals surface area (Å²) in [7, 11) is 0. The lowest BCUT2D eigenvalue weighted by atomic mass is 9.89. The van der Waals surface area contributed by atoms with E-state index in [4.69, 9.17) is 4.52 Å². The van der Waals surface area contributed by atoms with Crippen molar-refractivity contribution < 1.29 is 18.9 Å². The first-order chi connectivity index (χ1) is 14.9. The Balaban J connectivity index is 2.00. The number of aromatic nitrogens is 2. The van der Waals surface area contributed by atoms with E-state index in [0.717, 1.165) is 51.4 Å². The summed E-state index contributed by atoms with van der Waals surface area (Å²) in [6.07, 6.45) is 7.92. The molecule has 0 aromatic carbocycles. The summed E-state index contributed by atoms with van der Waals surface area (Å²) in [6.45, 7) is 6.66. The lowest BCUT2D eigenvalue weighted by Crippen LogP contribution is -2.45. The normalized spacial score (nSPS) is 15.7. The maximum absolute atomic E-state index is 12.7. The van der Waals surface area contributed by atoms with Gasteiger partial charge in [-0.25, -0.2) is 0 Å². The van der Waals surface area contributed by atoms with Crippen molar-refractivity contribution in [3.63, 3.8) is 0 Å². The predicted octanol–water partition coefficient (Wildman–Crippen LogP) is 2.45. The fourth-order valence-electron chi connectivity index (χ4n) is 4.05. The molecule has 2 rings (SSSR count). The number of aryl methyl sites for hydroxylation is 1. The standard InChI is InChI=1S/C22H37N5O4/c1-4-14-23-18(29)16-27(15-5-2)20(30)11-10-19-24-21(26-31-19)22(25-17(3)28)12-8-6-7-9-13-22/h4-16H2,1-3H3,(H,23,29)(H,25,28). The third kappa shape index (κ3) is 7.63. The van der Waals surface area contributed by atoms with Gasteiger partial charge in [0.05, 0.1) is 6.54 Å². The van der Waals surface area contributed by atoms with Crippen molar-refractivity contribution in [1.29, 1.82) is 0 Å². The van der Waals surface area contributed by atoms with Gasteiger partial charge in [-0.3, -0.25) is 14.4 Å². The highest BCUT2D eigenvalue weighted by Crippen LogP contribution is 2.34. The van der Waals surface area contributed by atoms with Crippen LogP contribution in [0.15, 0.2) is 4.52 Å². The molecule has 0 unspecified atom stereocenters. The van der Waals surface area contributed by atoms with Crippen molar-refractivity contribution >= 4 is 17.7 Å². The minimum Gasteiger partial charge on any atom is -0.355 e. The third-order valence-corrected chi connectivity index (χ3v) is 5.57. The lowest BCUT2D eigenvalue weighted by Gasteiger charge is -2.30. The van der Waals surface area contributed by atoms with Crippen LogP contribution in [0.25, 0.3) is 0 Å². The van der Waals surface area contributed by atoms with Crippen molar-refractivity contribution in [3.8, 4) is 0 Å². The summed E-state index contributed by atoms with van der Waals surface area (Å²) in [6, 6.07) is 0. The van der Waals surface area contributed by atoms with E-state index in [1.165, 1.54) is 6.92 Å². The Kier molecular flexibility index (Phi) is 9.94. The van der Waals surface area contributed by atoms with Crippen LogP contribution in [0.3, 0.4) is 0 Å². The van der Waals surface area contributed by atoms with Crippen LogP contribution in [0.2, 0.25) is 0 Å². The van der Waals surface area contributed by atoms with Crippen LogP contribution in [0, 0.1) is 0 Å². The Morgan fingerprint density at radius 3 is 2.42 bits per heavy atom. The molecule has 0 aliphatic heterocycles. The average molecular weight is 436 g/mol. The first-order valence-electron chi connectivity index (χ1n) is 11.6. The molecule has 0 atom stereocenters. The van der Waals surface area contributed by atoms with Crippen molar-refractivity contribution in [3.05, 3.63) is 11.7 Å². The van der Waals surface area contributed by atoms with Crippen LogP contribution in [-0.4, -0.2) is 52.4 Å². The van der Waals surface area contributed by atoms with Gasteiger partial charge in [0.15, 0.2) is 5.82 Å². The predicted molar refractivity (Wildman–Crippen MR) is 116 cm³/mol. The molecule has 9 heteroatoms. The molecule has 1 heterocycles. The lowest BCUT2D eigenvalue weighted by molar-refractivity contribution is -0.136. The number of carbonyl (C=O) groups is 3. The second-order valence-electron chi connectivity index (χ2n) is 8.35. The van der Waals surface area contributed by atoms with Crippen molar-refractivity contribution in [2.45, 2.75) is 90.5 Å². The molecule has 1 aliphatic rings. The smallest absolute Gasteiger partial charge is 0.239 e. The van der Waals surface area contributed by atoms with Crippen LogP contribution >= 0.6 is 0 Å². The molecular formula is C22H37N5O4. The number of rotatable bonds is 11. The number of carbonyl (C=O) groups excluding carboxylic acids is 3. The monoisotopic (exact) mass is 435 g/mol. The van der Waals surface area contributed by atoms with E-state index in [0.29, 0.717) is 31.2 Å². The third-order valence-electron chi connectivity index (χ3n) is 5.57. The molecule has 1 aromatic heterocycles. The summed E-state index contributed by atoms with van der Waals surface area (Å²) >= 11 is 0. The first-order valence-corrected chi connectivity index (χ1v) is 11.6. The van der Waals surface area contributed by atoms with Crippen LogP contribution in [-0.2, 0) is 26.3 Å². The maximum Gasteiger partial charge on any atom is 0.239 e. The Labute approximate surface area is 184 Å². The fraction of sp³-hybridized carbons (Fsp3) is 0.773. The molecule has 0 spiro atoms. The van der Waals surface area contributed by atoms with Gasteiger partial charge in [-0.2, -0.15) is 4.98 Å². The van der Waals surface area contributed by atoms with E-state index in [2.05, 4.69) is 20.8 Å². The van der Waals surface area contributed by atoms with E-state index >= 15 is 0 Å². The summed E-state index contributed by atoms with van der Waals surface area (Å²) in [5.41, 5.74) is -0.598. The molecule has 0 bridgehead atoms. The topological polar surface area (TPSA) is 117 Å². The number of hydrogen-bond donors (Lipinski definition) is 2. The number of nitrogens with one attached hydrogen (secondary N) is 2. The Morgan fingerprint density at radius 2 is 1.81 bits per heavy atom. The molecule has 0 saturated heterocycles. The summed E-state index contributed by atoms with van der Waals surface area (Å²) in [4.78, 5) is 42.6. The van der Waals surface area contributed by atoms with Gasteiger partial charge in [-0.05, 0) is 25.7 Å². The van der Waals surface area contributed by atoms with Crippen molar-refractivity contribution in [2.24, 2.45) is 0 Å². The van der Waals surface area contributed by atoms with Gasteiger partial charge in [0.2, 0.25) is 23.6 Å². The molecule has 1 fully saturated rings. The van der Waals surface area contributed by atoms with Gasteiger partial charge < -0.3 is 20.1 Å². The molecule has 0 radical (unpaired) electrons. The van der Waals surface area contributed by atoms with E-state index in [9.17, 15) is 14.4 Å². The zero-order chi connectivity index (χ0) is 22.7. The van der Waals surface area contributed by atoms with E-state index in [1.807, 2.05) is 13.8 Å². The van der Waals surface area contributed by atoms with Gasteiger partial charge in [0.1, 0.15) is 5.54 Å². The summed E-state index contributed by atoms with van der Waals surface area (Å²) in [5, 5.41) is 10.0. The molecule has 1 saturated carbocycles. The van der Waals surface area contributed by atoms with Crippen LogP contribution < -0.4 is 10.6 Å². The molecule has 174 valence electrons. The first kappa shape index (κ1) is 24.8. The summed E-state index contributed by atoms with van der Waals surface area (Å²) in [5.74, 6) is 0.509. The van der Waals surface area contributed by atoms with E-state index in [1.54, 1.807) is 4.90 Å². The average Bonchev–Trinajstić information content (AvgIpc) is 3.10. The highest BCUT2D eigenvalue weighted by molar-refractivity contribution is 5.84. The Bertz CT molecular complexity index is 725. The molecular weight excluding hydrogens is 398 g/mol. The van der Waals surface area contributed by atoms with Gasteiger partial charge in [0.25, 0.3) is 0 Å². The van der Waals surface area contributed by atoms with Gasteiger partial charge in [0, 0.05) is 32.9 Å². The molecule has 2 N–H and O–H groups in total. The molecule has 1 aliphatic carbocycles. The second-order valence-corrected chi connectivity index (χ2v) is 8.35. The highest BCUT2D eigenvalue weighted by Gasteiger charge is 2.38. The second kappa shape index (κ2) is 12.4. The zero-order valence-corrected chi connectivity index (χ0v) is 19.2. The van der Waals surface area contributed by atoms with Crippen molar-refractivity contribution in [1.82, 2.24) is 25.7 Å². The van der Waals surface area contributed by atoms with Crippen LogP contribution in [0.5, 0.6) is 0 Å². The minimum absolute atomic E-state index is 0.0629. The molecule has 9 nitrogen and oxygen atoms in total. The van der Waals surface area contributed by atoms with Gasteiger partial charge >= 0.3 is 0 Å². The summed E-state index contributed by atoms with van der Waals surface area (Å²) < 4.78 is 5.43. The van der Waals surface area contributed by atoms with Crippen molar-refractivity contribution in [2.75, 3.05) is 19.6 Å². The highest BCUT2D eigenvalue weighted by atomic mass is 16.5. The van der Waals surface area contributed by atoms with E-state index in [-0.39, 0.29) is 30.7 Å². The minimum atomic E-state index is -0.598. The molecule has 31 heavy (non-hydrogen) atoms. The SMILES string of the molecule is CCCNC(=O)CN(CCC)C(=O)CCc1nc(C2(NC(C)=O)CCCCCC2)no1. The Hall–Kier alpha value is -2.45. The van der Waals surface area contributed by atoms with E-state index < -0.39 is 5.54 Å². The number of hydrogen-bond acceptors (Lipinski definition) is 6. The molecule has 1 aromatic rings. The zero-order valence-electron chi connectivity index (χ0n) is 19.2. The Morgan fingerprint density at radius 1 is 1.10 bits per heavy atom. The quantitative estimate of drug-likeness (QED) is 0.516.